The number of nitrogens with zero attached hydrogens (tertiary/aromatic N) is 1. The predicted molar refractivity (Wildman–Crippen MR) is 166 cm³/mol. The van der Waals surface area contributed by atoms with Crippen molar-refractivity contribution in [2.75, 3.05) is 31.1 Å². The topological polar surface area (TPSA) is 154 Å². The number of carbonyl (C=O) groups excluding carboxylic acids is 6. The van der Waals surface area contributed by atoms with Gasteiger partial charge in [-0.1, -0.05) is 77.4 Å². The quantitative estimate of drug-likeness (QED) is 0.310. The molecule has 0 bridgehead atoms. The van der Waals surface area contributed by atoms with E-state index in [1.54, 1.807) is 35.2 Å². The second-order valence-corrected chi connectivity index (χ2v) is 10.5. The Labute approximate surface area is 254 Å². The first-order valence-electron chi connectivity index (χ1n) is 14.5. The van der Waals surface area contributed by atoms with E-state index in [1.165, 1.54) is 13.3 Å². The van der Waals surface area contributed by atoms with Crippen LogP contribution in [0.3, 0.4) is 0 Å². The van der Waals surface area contributed by atoms with Crippen molar-refractivity contribution in [3.8, 4) is 0 Å². The predicted octanol–water partition coefficient (Wildman–Crippen LogP) is 2.39. The van der Waals surface area contributed by atoms with E-state index >= 15 is 0 Å². The minimum atomic E-state index is -1.01. The van der Waals surface area contributed by atoms with Crippen molar-refractivity contribution in [1.82, 2.24) is 21.3 Å². The third-order valence-corrected chi connectivity index (χ3v) is 5.48. The van der Waals surface area contributed by atoms with Crippen LogP contribution in [-0.2, 0) is 30.4 Å². The summed E-state index contributed by atoms with van der Waals surface area (Å²) < 4.78 is 0. The zero-order valence-corrected chi connectivity index (χ0v) is 26.0. The van der Waals surface area contributed by atoms with Gasteiger partial charge in [0.15, 0.2) is 0 Å². The Morgan fingerprint density at radius 2 is 1.35 bits per heavy atom. The van der Waals surface area contributed by atoms with E-state index in [0.29, 0.717) is 12.1 Å². The molecule has 0 aromatic heterocycles. The highest BCUT2D eigenvalue weighted by Crippen LogP contribution is 2.27. The molecule has 1 heterocycles. The van der Waals surface area contributed by atoms with Gasteiger partial charge < -0.3 is 26.2 Å². The standard InChI is InChI=1S/C25H27N5O6.C4H10.C3H8/c1-16(29-21(32)14-27-24(35)18-8-3-2-4-9-18)23(34)26-13-20(31)25(36)28-15-22(33)30-12-11-17-7-5-6-10-19(17)30;1-4(2)3;1-3-2/h2-10,16H,11-15H2,1H3,(H,26,34)(H,27,35)(H,28,36)(H,29,32);4H,1-3H3;3H2,1-2H3/t16-;;/m0../s1. The largest absolute Gasteiger partial charge is 0.347 e. The number of amides is 5. The molecular formula is C32H45N5O6. The van der Waals surface area contributed by atoms with Gasteiger partial charge in [-0.3, -0.25) is 28.8 Å². The highest BCUT2D eigenvalue weighted by Gasteiger charge is 2.25. The zero-order valence-electron chi connectivity index (χ0n) is 26.0. The molecule has 0 saturated carbocycles. The van der Waals surface area contributed by atoms with Crippen LogP contribution in [0.2, 0.25) is 0 Å². The smallest absolute Gasteiger partial charge is 0.289 e. The lowest BCUT2D eigenvalue weighted by Crippen LogP contribution is -2.50. The number of hydrogen-bond acceptors (Lipinski definition) is 6. The molecule has 11 heteroatoms. The molecule has 43 heavy (non-hydrogen) atoms. The third kappa shape index (κ3) is 13.8. The summed E-state index contributed by atoms with van der Waals surface area (Å²) in [6.45, 7) is 11.3. The number of fused-ring (bicyclic) bond motifs is 1. The van der Waals surface area contributed by atoms with Crippen molar-refractivity contribution in [2.45, 2.75) is 60.4 Å². The van der Waals surface area contributed by atoms with E-state index in [1.807, 2.05) is 24.3 Å². The first-order chi connectivity index (χ1) is 20.4. The van der Waals surface area contributed by atoms with Gasteiger partial charge in [0.1, 0.15) is 6.04 Å². The van der Waals surface area contributed by atoms with Crippen LogP contribution < -0.4 is 26.2 Å². The second-order valence-electron chi connectivity index (χ2n) is 10.5. The Balaban J connectivity index is 0.00000119. The number of hydrogen-bond donors (Lipinski definition) is 4. The molecule has 1 aliphatic heterocycles. The second kappa shape index (κ2) is 19.6. The molecule has 4 N–H and O–H groups in total. The Kier molecular flexibility index (Phi) is 16.6. The minimum absolute atomic E-state index is 0.345. The average Bonchev–Trinajstić information content (AvgIpc) is 3.42. The summed E-state index contributed by atoms with van der Waals surface area (Å²) in [4.78, 5) is 74.2. The molecule has 11 nitrogen and oxygen atoms in total. The van der Waals surface area contributed by atoms with E-state index in [0.717, 1.165) is 23.6 Å². The van der Waals surface area contributed by atoms with E-state index in [-0.39, 0.29) is 19.0 Å². The van der Waals surface area contributed by atoms with Crippen molar-refractivity contribution in [3.05, 3.63) is 65.7 Å². The Morgan fingerprint density at radius 3 is 1.98 bits per heavy atom. The van der Waals surface area contributed by atoms with Crippen LogP contribution in [-0.4, -0.2) is 67.5 Å². The summed E-state index contributed by atoms with van der Waals surface area (Å²) in [5.41, 5.74) is 2.21. The summed E-state index contributed by atoms with van der Waals surface area (Å²) in [6, 6.07) is 14.8. The molecule has 2 aromatic carbocycles. The molecule has 5 amide bonds. The van der Waals surface area contributed by atoms with Crippen LogP contribution in [0, 0.1) is 5.92 Å². The van der Waals surface area contributed by atoms with Crippen molar-refractivity contribution in [3.63, 3.8) is 0 Å². The molecule has 1 atom stereocenters. The summed E-state index contributed by atoms with van der Waals surface area (Å²) >= 11 is 0. The molecule has 0 aliphatic carbocycles. The Hall–Kier alpha value is -4.54. The van der Waals surface area contributed by atoms with Crippen LogP contribution in [0.1, 0.15) is 63.9 Å². The molecule has 2 aromatic rings. The van der Waals surface area contributed by atoms with Crippen molar-refractivity contribution < 1.29 is 28.8 Å². The number of para-hydroxylation sites is 1. The number of nitrogens with one attached hydrogen (secondary N) is 4. The van der Waals surface area contributed by atoms with Gasteiger partial charge in [0.2, 0.25) is 23.5 Å². The van der Waals surface area contributed by atoms with E-state index in [4.69, 9.17) is 0 Å². The SMILES string of the molecule is CC(C)C.CCC.C[C@H](NC(=O)CNC(=O)c1ccccc1)C(=O)NCC(=O)C(=O)NCC(=O)N1CCc2ccccc21. The van der Waals surface area contributed by atoms with Gasteiger partial charge in [0, 0.05) is 17.8 Å². The Morgan fingerprint density at radius 1 is 0.767 bits per heavy atom. The van der Waals surface area contributed by atoms with Gasteiger partial charge in [0.05, 0.1) is 19.6 Å². The third-order valence-electron chi connectivity index (χ3n) is 5.48. The average molecular weight is 596 g/mol. The highest BCUT2D eigenvalue weighted by molar-refractivity contribution is 6.37. The molecule has 1 aliphatic rings. The molecule has 0 fully saturated rings. The van der Waals surface area contributed by atoms with Crippen LogP contribution in [0.5, 0.6) is 0 Å². The van der Waals surface area contributed by atoms with Crippen LogP contribution in [0.15, 0.2) is 54.6 Å². The lowest BCUT2D eigenvalue weighted by Gasteiger charge is -2.17. The highest BCUT2D eigenvalue weighted by atomic mass is 16.2. The summed E-state index contributed by atoms with van der Waals surface area (Å²) in [5.74, 6) is -3.19. The maximum atomic E-state index is 12.4. The van der Waals surface area contributed by atoms with Crippen molar-refractivity contribution >= 4 is 41.0 Å². The zero-order chi connectivity index (χ0) is 32.4. The number of benzene rings is 2. The van der Waals surface area contributed by atoms with Gasteiger partial charge >= 0.3 is 0 Å². The Bertz CT molecular complexity index is 1230. The van der Waals surface area contributed by atoms with Gasteiger partial charge in [-0.25, -0.2) is 0 Å². The summed E-state index contributed by atoms with van der Waals surface area (Å²) in [6.07, 6.45) is 1.97. The van der Waals surface area contributed by atoms with Crippen LogP contribution in [0.4, 0.5) is 5.69 Å². The van der Waals surface area contributed by atoms with E-state index in [9.17, 15) is 28.8 Å². The summed E-state index contributed by atoms with van der Waals surface area (Å²) in [7, 11) is 0. The number of carbonyl (C=O) groups is 6. The molecule has 0 unspecified atom stereocenters. The first kappa shape index (κ1) is 36.5. The van der Waals surface area contributed by atoms with E-state index in [2.05, 4.69) is 55.9 Å². The lowest BCUT2D eigenvalue weighted by molar-refractivity contribution is -0.138. The molecule has 234 valence electrons. The van der Waals surface area contributed by atoms with E-state index < -0.39 is 42.0 Å². The maximum Gasteiger partial charge on any atom is 0.289 e. The molecule has 0 spiro atoms. The van der Waals surface area contributed by atoms with Gasteiger partial charge in [0.25, 0.3) is 11.8 Å². The molecule has 0 radical (unpaired) electrons. The minimum Gasteiger partial charge on any atom is -0.347 e. The van der Waals surface area contributed by atoms with Gasteiger partial charge in [-0.15, -0.1) is 0 Å². The summed E-state index contributed by atoms with van der Waals surface area (Å²) in [5, 5.41) is 9.37. The fourth-order valence-electron chi connectivity index (χ4n) is 3.56. The van der Waals surface area contributed by atoms with Gasteiger partial charge in [-0.05, 0) is 43.0 Å². The number of anilines is 1. The number of Topliss-reactive ketones (excluding diaryl/α,β-unsaturated/α-hetero) is 1. The van der Waals surface area contributed by atoms with Crippen molar-refractivity contribution in [1.29, 1.82) is 0 Å². The monoisotopic (exact) mass is 595 g/mol. The number of ketones is 1. The fourth-order valence-corrected chi connectivity index (χ4v) is 3.56. The number of rotatable bonds is 10. The maximum absolute atomic E-state index is 12.4. The first-order valence-corrected chi connectivity index (χ1v) is 14.5. The van der Waals surface area contributed by atoms with Gasteiger partial charge in [-0.2, -0.15) is 0 Å². The van der Waals surface area contributed by atoms with Crippen molar-refractivity contribution in [2.24, 2.45) is 5.92 Å². The molecule has 0 saturated heterocycles. The van der Waals surface area contributed by atoms with Crippen LogP contribution in [0.25, 0.3) is 0 Å². The molecular weight excluding hydrogens is 550 g/mol. The lowest BCUT2D eigenvalue weighted by atomic mass is 10.2. The fraction of sp³-hybridized carbons (Fsp3) is 0.438. The normalized spacial score (nSPS) is 11.8. The molecule has 3 rings (SSSR count). The van der Waals surface area contributed by atoms with Crippen LogP contribution >= 0.6 is 0 Å².